The van der Waals surface area contributed by atoms with Gasteiger partial charge in [-0.1, -0.05) is 12.1 Å². The fraction of sp³-hybridized carbons (Fsp3) is 0.133. The summed E-state index contributed by atoms with van der Waals surface area (Å²) >= 11 is 0. The van der Waals surface area contributed by atoms with E-state index in [1.54, 1.807) is 6.07 Å². The fourth-order valence-electron chi connectivity index (χ4n) is 2.56. The number of carboxylic acids is 2. The molecule has 1 aliphatic heterocycles. The third-order valence-corrected chi connectivity index (χ3v) is 3.53. The Balaban J connectivity index is 0.00000312. The number of carbonyl (C=O) groups is 2. The smallest absolute Gasteiger partial charge is 0.545 e. The van der Waals surface area contributed by atoms with Crippen molar-refractivity contribution in [3.8, 4) is 6.07 Å². The molecule has 0 radical (unpaired) electrons. The summed E-state index contributed by atoms with van der Waals surface area (Å²) in [6.45, 7) is 1.33. The maximum absolute atomic E-state index is 11.5. The third kappa shape index (κ3) is 4.73. The zero-order chi connectivity index (χ0) is 18.0. The number of hydrogen-bond donors (Lipinski definition) is 1. The van der Waals surface area contributed by atoms with Crippen molar-refractivity contribution in [1.82, 2.24) is 5.32 Å². The van der Waals surface area contributed by atoms with Crippen LogP contribution in [0.2, 0.25) is 0 Å². The SMILES string of the molecule is CC1=C(C(=O)[O-])C(c2cccc([N+](=O)[O-])c2)C(C(=O)[O-])=C(C#N)N1.[Na+].[Na+]. The van der Waals surface area contributed by atoms with Crippen LogP contribution in [0.25, 0.3) is 0 Å². The predicted octanol–water partition coefficient (Wildman–Crippen LogP) is -7.16. The molecule has 1 aliphatic rings. The second-order valence-corrected chi connectivity index (χ2v) is 4.92. The minimum Gasteiger partial charge on any atom is -0.545 e. The Bertz CT molecular complexity index is 872. The van der Waals surface area contributed by atoms with Gasteiger partial charge in [-0.05, 0) is 12.5 Å². The molecular formula is C15H9N3Na2O6. The van der Waals surface area contributed by atoms with Gasteiger partial charge in [0.15, 0.2) is 0 Å². The molecule has 1 N–H and O–H groups in total. The standard InChI is InChI=1S/C15H11N3O6.2Na/c1-7-11(14(19)20)12(13(15(21)22)10(6-16)17-7)8-3-2-4-9(5-8)18(23)24;;/h2-5,12,17H,1H3,(H,19,20)(H,21,22);;/q;2*+1/p-2. The van der Waals surface area contributed by atoms with Gasteiger partial charge in [-0.15, -0.1) is 0 Å². The van der Waals surface area contributed by atoms with Gasteiger partial charge in [0, 0.05) is 34.9 Å². The number of nitrogens with one attached hydrogen (secondary N) is 1. The summed E-state index contributed by atoms with van der Waals surface area (Å²) in [6, 6.07) is 6.47. The van der Waals surface area contributed by atoms with Gasteiger partial charge >= 0.3 is 59.1 Å². The molecule has 0 amide bonds. The van der Waals surface area contributed by atoms with Crippen molar-refractivity contribution in [1.29, 1.82) is 5.26 Å². The van der Waals surface area contributed by atoms with E-state index in [2.05, 4.69) is 5.32 Å². The average Bonchev–Trinajstić information content (AvgIpc) is 2.52. The minimum absolute atomic E-state index is 0. The molecule has 1 heterocycles. The summed E-state index contributed by atoms with van der Waals surface area (Å²) in [5.41, 5.74) is -1.77. The Morgan fingerprint density at radius 2 is 1.77 bits per heavy atom. The number of aliphatic carboxylic acids is 2. The molecule has 0 saturated heterocycles. The first-order valence-corrected chi connectivity index (χ1v) is 6.57. The Morgan fingerprint density at radius 1 is 1.19 bits per heavy atom. The van der Waals surface area contributed by atoms with E-state index in [4.69, 9.17) is 5.26 Å². The van der Waals surface area contributed by atoms with Crippen LogP contribution in [-0.2, 0) is 9.59 Å². The number of benzene rings is 1. The van der Waals surface area contributed by atoms with Crippen molar-refractivity contribution in [2.45, 2.75) is 12.8 Å². The number of nitro groups is 1. The van der Waals surface area contributed by atoms with E-state index in [-0.39, 0.29) is 76.1 Å². The van der Waals surface area contributed by atoms with Crippen molar-refractivity contribution >= 4 is 17.6 Å². The molecule has 2 rings (SSSR count). The van der Waals surface area contributed by atoms with E-state index < -0.39 is 39.6 Å². The first kappa shape index (κ1) is 24.3. The molecule has 9 nitrogen and oxygen atoms in total. The number of allylic oxidation sites excluding steroid dienone is 2. The van der Waals surface area contributed by atoms with Gasteiger partial charge in [0.25, 0.3) is 5.69 Å². The maximum atomic E-state index is 11.5. The number of nitriles is 1. The van der Waals surface area contributed by atoms with Crippen LogP contribution in [0, 0.1) is 21.4 Å². The van der Waals surface area contributed by atoms with Crippen LogP contribution in [0.1, 0.15) is 18.4 Å². The van der Waals surface area contributed by atoms with Gasteiger partial charge in [0.1, 0.15) is 11.8 Å². The van der Waals surface area contributed by atoms with E-state index in [9.17, 15) is 29.9 Å². The van der Waals surface area contributed by atoms with Gasteiger partial charge < -0.3 is 25.1 Å². The van der Waals surface area contributed by atoms with Crippen LogP contribution >= 0.6 is 0 Å². The van der Waals surface area contributed by atoms with Crippen molar-refractivity contribution in [3.63, 3.8) is 0 Å². The molecule has 0 spiro atoms. The van der Waals surface area contributed by atoms with Gasteiger partial charge in [-0.3, -0.25) is 10.1 Å². The van der Waals surface area contributed by atoms with Gasteiger partial charge in [-0.2, -0.15) is 5.26 Å². The van der Waals surface area contributed by atoms with Crippen LogP contribution in [0.4, 0.5) is 5.69 Å². The topological polar surface area (TPSA) is 159 Å². The molecular weight excluding hydrogens is 364 g/mol. The van der Waals surface area contributed by atoms with E-state index in [1.807, 2.05) is 0 Å². The Morgan fingerprint density at radius 3 is 2.23 bits per heavy atom. The molecule has 0 aliphatic carbocycles. The summed E-state index contributed by atoms with van der Waals surface area (Å²) in [4.78, 5) is 33.2. The molecule has 11 heteroatoms. The van der Waals surface area contributed by atoms with Crippen molar-refractivity contribution in [3.05, 3.63) is 62.5 Å². The molecule has 0 bridgehead atoms. The summed E-state index contributed by atoms with van der Waals surface area (Å²) in [5, 5.41) is 45.3. The zero-order valence-corrected chi connectivity index (χ0v) is 18.2. The van der Waals surface area contributed by atoms with Crippen molar-refractivity contribution in [2.75, 3.05) is 0 Å². The number of carbonyl (C=O) groups excluding carboxylic acids is 2. The van der Waals surface area contributed by atoms with Crippen molar-refractivity contribution in [2.24, 2.45) is 0 Å². The van der Waals surface area contributed by atoms with Gasteiger partial charge in [0.05, 0.1) is 16.9 Å². The van der Waals surface area contributed by atoms with Gasteiger partial charge in [0.2, 0.25) is 0 Å². The monoisotopic (exact) mass is 373 g/mol. The Kier molecular flexibility index (Phi) is 9.24. The number of nitrogens with zero attached hydrogens (tertiary/aromatic N) is 2. The van der Waals surface area contributed by atoms with Crippen molar-refractivity contribution < 1.29 is 83.8 Å². The van der Waals surface area contributed by atoms with Crippen LogP contribution in [-0.4, -0.2) is 16.9 Å². The van der Waals surface area contributed by atoms with Crippen LogP contribution < -0.4 is 74.6 Å². The minimum atomic E-state index is -1.76. The quantitative estimate of drug-likeness (QED) is 0.310. The van der Waals surface area contributed by atoms with Crippen LogP contribution in [0.15, 0.2) is 46.8 Å². The second-order valence-electron chi connectivity index (χ2n) is 4.92. The first-order valence-electron chi connectivity index (χ1n) is 6.57. The number of rotatable bonds is 4. The molecule has 1 aromatic rings. The normalized spacial score (nSPS) is 15.8. The number of hydrogen-bond acceptors (Lipinski definition) is 8. The second kappa shape index (κ2) is 9.87. The summed E-state index contributed by atoms with van der Waals surface area (Å²) in [7, 11) is 0. The van der Waals surface area contributed by atoms with E-state index in [0.29, 0.717) is 0 Å². The molecule has 0 saturated carbocycles. The van der Waals surface area contributed by atoms with Crippen LogP contribution in [0.3, 0.4) is 0 Å². The molecule has 1 unspecified atom stereocenters. The van der Waals surface area contributed by atoms with Crippen LogP contribution in [0.5, 0.6) is 0 Å². The Labute approximate surface area is 192 Å². The molecule has 26 heavy (non-hydrogen) atoms. The number of carboxylic acid groups (broad SMARTS) is 2. The maximum Gasteiger partial charge on any atom is 1.00 e. The fourth-order valence-corrected chi connectivity index (χ4v) is 2.56. The average molecular weight is 373 g/mol. The number of non-ortho nitro benzene ring substituents is 1. The summed E-state index contributed by atoms with van der Waals surface area (Å²) in [6.07, 6.45) is 0. The molecule has 0 fully saturated rings. The molecule has 1 atom stereocenters. The molecule has 1 aromatic carbocycles. The number of dihydropyridines is 1. The van der Waals surface area contributed by atoms with Gasteiger partial charge in [-0.25, -0.2) is 0 Å². The third-order valence-electron chi connectivity index (χ3n) is 3.53. The molecule has 0 aromatic heterocycles. The summed E-state index contributed by atoms with van der Waals surface area (Å²) < 4.78 is 0. The zero-order valence-electron chi connectivity index (χ0n) is 14.2. The number of nitro benzene ring substituents is 1. The van der Waals surface area contributed by atoms with E-state index in [0.717, 1.165) is 6.07 Å². The Hall–Kier alpha value is -1.67. The molecule has 122 valence electrons. The van der Waals surface area contributed by atoms with E-state index in [1.165, 1.54) is 25.1 Å². The predicted molar refractivity (Wildman–Crippen MR) is 74.3 cm³/mol. The largest absolute Gasteiger partial charge is 1.00 e. The first-order chi connectivity index (χ1) is 11.3. The summed E-state index contributed by atoms with van der Waals surface area (Å²) in [5.74, 6) is -4.86. The van der Waals surface area contributed by atoms with E-state index >= 15 is 0 Å².